The van der Waals surface area contributed by atoms with Crippen LogP contribution < -0.4 is 10.2 Å². The quantitative estimate of drug-likeness (QED) is 0.696. The van der Waals surface area contributed by atoms with Gasteiger partial charge >= 0.3 is 0 Å². The first kappa shape index (κ1) is 19.3. The van der Waals surface area contributed by atoms with Crippen LogP contribution in [-0.4, -0.2) is 70.6 Å². The molecule has 8 heteroatoms. The molecule has 2 atom stereocenters. The lowest BCUT2D eigenvalue weighted by Crippen LogP contribution is -3.14. The van der Waals surface area contributed by atoms with E-state index in [4.69, 9.17) is 4.74 Å². The van der Waals surface area contributed by atoms with Crippen molar-refractivity contribution in [1.29, 1.82) is 0 Å². The summed E-state index contributed by atoms with van der Waals surface area (Å²) in [6.07, 6.45) is 2.35. The second-order valence-electron chi connectivity index (χ2n) is 6.85. The van der Waals surface area contributed by atoms with Gasteiger partial charge in [0.15, 0.2) is 0 Å². The minimum atomic E-state index is -3.52. The Kier molecular flexibility index (Phi) is 6.29. The molecule has 1 unspecified atom stereocenters. The SMILES string of the molecule is CC[NH+]1CCC[C@@H]1CNC(=O)c1ccc(S(=O)(=O)N2CCOCC2)cc1. The zero-order valence-corrected chi connectivity index (χ0v) is 16.1. The van der Waals surface area contributed by atoms with Crippen LogP contribution in [0.15, 0.2) is 29.2 Å². The summed E-state index contributed by atoms with van der Waals surface area (Å²) in [4.78, 5) is 14.1. The van der Waals surface area contributed by atoms with Crippen LogP contribution in [0.2, 0.25) is 0 Å². The summed E-state index contributed by atoms with van der Waals surface area (Å²) >= 11 is 0. The Morgan fingerprint density at radius 1 is 1.27 bits per heavy atom. The molecule has 2 fully saturated rings. The van der Waals surface area contributed by atoms with E-state index in [0.717, 1.165) is 13.0 Å². The fraction of sp³-hybridized carbons (Fsp3) is 0.611. The zero-order chi connectivity index (χ0) is 18.6. The number of benzene rings is 1. The van der Waals surface area contributed by atoms with Crippen LogP contribution >= 0.6 is 0 Å². The Morgan fingerprint density at radius 3 is 2.62 bits per heavy atom. The molecule has 2 N–H and O–H groups in total. The van der Waals surface area contributed by atoms with Crippen LogP contribution in [-0.2, 0) is 14.8 Å². The minimum absolute atomic E-state index is 0.150. The number of nitrogens with zero attached hydrogens (tertiary/aromatic N) is 1. The second kappa shape index (κ2) is 8.47. The molecule has 2 heterocycles. The maximum absolute atomic E-state index is 12.6. The Labute approximate surface area is 155 Å². The van der Waals surface area contributed by atoms with E-state index in [1.165, 1.54) is 34.3 Å². The van der Waals surface area contributed by atoms with Crippen molar-refractivity contribution in [2.24, 2.45) is 0 Å². The lowest BCUT2D eigenvalue weighted by Gasteiger charge is -2.26. The molecule has 0 saturated carbocycles. The molecule has 144 valence electrons. The van der Waals surface area contributed by atoms with Crippen molar-refractivity contribution in [2.45, 2.75) is 30.7 Å². The summed E-state index contributed by atoms with van der Waals surface area (Å²) in [6, 6.07) is 6.67. The third-order valence-electron chi connectivity index (χ3n) is 5.32. The summed E-state index contributed by atoms with van der Waals surface area (Å²) < 4.78 is 31.8. The van der Waals surface area contributed by atoms with Gasteiger partial charge in [-0.15, -0.1) is 0 Å². The molecule has 2 aliphatic heterocycles. The average molecular weight is 383 g/mol. The van der Waals surface area contributed by atoms with Gasteiger partial charge in [-0.3, -0.25) is 4.79 Å². The molecule has 26 heavy (non-hydrogen) atoms. The number of ether oxygens (including phenoxy) is 1. The maximum atomic E-state index is 12.6. The van der Waals surface area contributed by atoms with E-state index >= 15 is 0 Å². The van der Waals surface area contributed by atoms with Gasteiger partial charge in [-0.2, -0.15) is 4.31 Å². The van der Waals surface area contributed by atoms with Gasteiger partial charge in [-0.1, -0.05) is 0 Å². The van der Waals surface area contributed by atoms with Gasteiger partial charge in [0, 0.05) is 31.5 Å². The van der Waals surface area contributed by atoms with Gasteiger partial charge < -0.3 is 15.0 Å². The van der Waals surface area contributed by atoms with Crippen molar-refractivity contribution in [1.82, 2.24) is 9.62 Å². The van der Waals surface area contributed by atoms with Gasteiger partial charge in [0.05, 0.1) is 37.7 Å². The van der Waals surface area contributed by atoms with E-state index in [1.807, 2.05) is 0 Å². The topological polar surface area (TPSA) is 80.2 Å². The zero-order valence-electron chi connectivity index (χ0n) is 15.2. The van der Waals surface area contributed by atoms with Crippen LogP contribution in [0.1, 0.15) is 30.1 Å². The molecule has 0 spiro atoms. The highest BCUT2D eigenvalue weighted by Crippen LogP contribution is 2.17. The van der Waals surface area contributed by atoms with E-state index in [-0.39, 0.29) is 10.8 Å². The smallest absolute Gasteiger partial charge is 0.251 e. The van der Waals surface area contributed by atoms with Crippen molar-refractivity contribution in [2.75, 3.05) is 45.9 Å². The number of amides is 1. The number of carbonyl (C=O) groups excluding carboxylic acids is 1. The van der Waals surface area contributed by atoms with Crippen LogP contribution in [0.25, 0.3) is 0 Å². The highest BCUT2D eigenvalue weighted by atomic mass is 32.2. The van der Waals surface area contributed by atoms with Gasteiger partial charge in [-0.05, 0) is 31.2 Å². The number of carbonyl (C=O) groups is 1. The lowest BCUT2D eigenvalue weighted by molar-refractivity contribution is -0.909. The van der Waals surface area contributed by atoms with Crippen LogP contribution in [0.4, 0.5) is 0 Å². The van der Waals surface area contributed by atoms with Gasteiger partial charge in [0.1, 0.15) is 6.04 Å². The normalized spacial score (nSPS) is 24.5. The van der Waals surface area contributed by atoms with Crippen LogP contribution in [0, 0.1) is 0 Å². The largest absolute Gasteiger partial charge is 0.379 e. The number of hydrogen-bond donors (Lipinski definition) is 2. The molecule has 1 aromatic carbocycles. The fourth-order valence-corrected chi connectivity index (χ4v) is 5.14. The van der Waals surface area contributed by atoms with Crippen LogP contribution in [0.3, 0.4) is 0 Å². The average Bonchev–Trinajstić information content (AvgIpc) is 3.14. The number of likely N-dealkylation sites (tertiary alicyclic amines) is 1. The summed E-state index contributed by atoms with van der Waals surface area (Å²) in [5.74, 6) is -0.150. The summed E-state index contributed by atoms with van der Waals surface area (Å²) in [7, 11) is -3.52. The molecule has 0 aliphatic carbocycles. The van der Waals surface area contributed by atoms with Crippen LogP contribution in [0.5, 0.6) is 0 Å². The minimum Gasteiger partial charge on any atom is -0.379 e. The van der Waals surface area contributed by atoms with Crippen molar-refractivity contribution in [3.8, 4) is 0 Å². The van der Waals surface area contributed by atoms with Crippen molar-refractivity contribution >= 4 is 15.9 Å². The maximum Gasteiger partial charge on any atom is 0.251 e. The van der Waals surface area contributed by atoms with Gasteiger partial charge in [0.2, 0.25) is 10.0 Å². The Hall–Kier alpha value is -1.48. The summed E-state index contributed by atoms with van der Waals surface area (Å²) in [5.41, 5.74) is 0.488. The van der Waals surface area contributed by atoms with Gasteiger partial charge in [0.25, 0.3) is 5.91 Å². The van der Waals surface area contributed by atoms with E-state index < -0.39 is 10.0 Å². The van der Waals surface area contributed by atoms with E-state index in [9.17, 15) is 13.2 Å². The molecule has 0 bridgehead atoms. The van der Waals surface area contributed by atoms with Crippen molar-refractivity contribution in [3.63, 3.8) is 0 Å². The number of sulfonamides is 1. The van der Waals surface area contributed by atoms with Crippen molar-refractivity contribution < 1.29 is 22.8 Å². The predicted molar refractivity (Wildman–Crippen MR) is 97.7 cm³/mol. The molecule has 2 aliphatic rings. The first-order valence-corrected chi connectivity index (χ1v) is 10.8. The molecule has 0 radical (unpaired) electrons. The van der Waals surface area contributed by atoms with E-state index in [2.05, 4.69) is 12.2 Å². The second-order valence-corrected chi connectivity index (χ2v) is 8.79. The number of quaternary nitrogens is 1. The molecule has 7 nitrogen and oxygen atoms in total. The molecule has 3 rings (SSSR count). The first-order valence-electron chi connectivity index (χ1n) is 9.33. The predicted octanol–water partition coefficient (Wildman–Crippen LogP) is -0.495. The third-order valence-corrected chi connectivity index (χ3v) is 7.23. The highest BCUT2D eigenvalue weighted by Gasteiger charge is 2.28. The molecular weight excluding hydrogens is 354 g/mol. The standard InChI is InChI=1S/C18H27N3O4S/c1-2-20-9-3-4-16(20)14-19-18(22)15-5-7-17(8-6-15)26(23,24)21-10-12-25-13-11-21/h5-8,16H,2-4,9-14H2,1H3,(H,19,22)/p+1/t16-/m1/s1. The monoisotopic (exact) mass is 382 g/mol. The van der Waals surface area contributed by atoms with E-state index in [1.54, 1.807) is 12.1 Å². The molecule has 0 aromatic heterocycles. The molecule has 1 amide bonds. The Bertz CT molecular complexity index is 714. The van der Waals surface area contributed by atoms with Gasteiger partial charge in [-0.25, -0.2) is 8.42 Å². The Morgan fingerprint density at radius 2 is 1.96 bits per heavy atom. The first-order chi connectivity index (χ1) is 12.5. The Balaban J connectivity index is 1.60. The summed E-state index contributed by atoms with van der Waals surface area (Å²) in [6.45, 7) is 6.64. The fourth-order valence-electron chi connectivity index (χ4n) is 3.73. The molecular formula is C18H28N3O4S+. The molecule has 2 saturated heterocycles. The third kappa shape index (κ3) is 4.25. The number of rotatable bonds is 6. The molecule has 1 aromatic rings. The summed E-state index contributed by atoms with van der Waals surface area (Å²) in [5, 5.41) is 2.99. The number of likely N-dealkylation sites (N-methyl/N-ethyl adjacent to an activating group) is 1. The number of nitrogens with one attached hydrogen (secondary N) is 2. The number of morpholine rings is 1. The van der Waals surface area contributed by atoms with Crippen molar-refractivity contribution in [3.05, 3.63) is 29.8 Å². The lowest BCUT2D eigenvalue weighted by atomic mass is 10.2. The highest BCUT2D eigenvalue weighted by molar-refractivity contribution is 7.89. The number of hydrogen-bond acceptors (Lipinski definition) is 4. The van der Waals surface area contributed by atoms with E-state index in [0.29, 0.717) is 44.5 Å².